The lowest BCUT2D eigenvalue weighted by atomic mass is 9.76. The van der Waals surface area contributed by atoms with Gasteiger partial charge in [0.05, 0.1) is 6.26 Å². The molecule has 0 aliphatic carbocycles. The molecule has 0 radical (unpaired) electrons. The molecular weight excluding hydrogens is 400 g/mol. The first-order valence-corrected chi connectivity index (χ1v) is 10.4. The van der Waals surface area contributed by atoms with Gasteiger partial charge in [-0.15, -0.1) is 0 Å². The molecule has 2 amide bonds. The first kappa shape index (κ1) is 21.1. The van der Waals surface area contributed by atoms with Gasteiger partial charge < -0.3 is 15.1 Å². The molecule has 160 valence electrons. The van der Waals surface area contributed by atoms with Gasteiger partial charge in [-0.1, -0.05) is 60.7 Å². The van der Waals surface area contributed by atoms with Gasteiger partial charge in [0.25, 0.3) is 11.8 Å². The Kier molecular flexibility index (Phi) is 6.17. The molecule has 1 heterocycles. The van der Waals surface area contributed by atoms with Gasteiger partial charge in [0.1, 0.15) is 0 Å². The molecule has 3 aromatic carbocycles. The van der Waals surface area contributed by atoms with Gasteiger partial charge in [0, 0.05) is 23.2 Å². The molecule has 0 aliphatic rings. The van der Waals surface area contributed by atoms with Crippen molar-refractivity contribution in [2.45, 2.75) is 12.3 Å². The third-order valence-corrected chi connectivity index (χ3v) is 5.57. The van der Waals surface area contributed by atoms with Crippen LogP contribution >= 0.6 is 0 Å². The predicted molar refractivity (Wildman–Crippen MR) is 125 cm³/mol. The van der Waals surface area contributed by atoms with Gasteiger partial charge in [-0.05, 0) is 54.4 Å². The Morgan fingerprint density at radius 3 is 1.88 bits per heavy atom. The number of hydrogen-bond acceptors (Lipinski definition) is 3. The number of furan rings is 1. The van der Waals surface area contributed by atoms with E-state index < -0.39 is 0 Å². The summed E-state index contributed by atoms with van der Waals surface area (Å²) in [6.45, 7) is 2.57. The zero-order valence-corrected chi connectivity index (χ0v) is 17.7. The Labute approximate surface area is 187 Å². The summed E-state index contributed by atoms with van der Waals surface area (Å²) < 4.78 is 5.09. The highest BCUT2D eigenvalue weighted by Gasteiger charge is 2.29. The second-order valence-corrected chi connectivity index (χ2v) is 7.76. The summed E-state index contributed by atoms with van der Waals surface area (Å²) in [7, 11) is 0. The van der Waals surface area contributed by atoms with Crippen molar-refractivity contribution < 1.29 is 14.0 Å². The van der Waals surface area contributed by atoms with Gasteiger partial charge >= 0.3 is 0 Å². The molecular formula is C27H24N2O3. The van der Waals surface area contributed by atoms with Crippen molar-refractivity contribution >= 4 is 17.5 Å². The summed E-state index contributed by atoms with van der Waals surface area (Å²) >= 11 is 0. The number of rotatable bonds is 7. The monoisotopic (exact) mass is 424 g/mol. The quantitative estimate of drug-likeness (QED) is 0.425. The molecule has 32 heavy (non-hydrogen) atoms. The van der Waals surface area contributed by atoms with Crippen LogP contribution in [0.15, 0.2) is 108 Å². The van der Waals surface area contributed by atoms with Gasteiger partial charge in [-0.2, -0.15) is 0 Å². The molecule has 0 fully saturated rings. The highest BCUT2D eigenvalue weighted by atomic mass is 16.3. The first-order chi connectivity index (χ1) is 15.6. The maximum absolute atomic E-state index is 12.9. The highest BCUT2D eigenvalue weighted by molar-refractivity contribution is 6.02. The van der Waals surface area contributed by atoms with E-state index in [0.717, 1.165) is 11.1 Å². The summed E-state index contributed by atoms with van der Waals surface area (Å²) in [5.41, 5.74) is 2.98. The second kappa shape index (κ2) is 9.35. The number of hydrogen-bond donors (Lipinski definition) is 2. The average Bonchev–Trinajstić information content (AvgIpc) is 3.39. The van der Waals surface area contributed by atoms with Crippen LogP contribution in [0.4, 0.5) is 5.69 Å². The van der Waals surface area contributed by atoms with Crippen LogP contribution in [0.25, 0.3) is 0 Å². The fourth-order valence-corrected chi connectivity index (χ4v) is 3.65. The van der Waals surface area contributed by atoms with E-state index >= 15 is 0 Å². The zero-order chi connectivity index (χ0) is 22.4. The summed E-state index contributed by atoms with van der Waals surface area (Å²) in [6, 6.07) is 30.3. The normalized spacial score (nSPS) is 11.0. The van der Waals surface area contributed by atoms with Gasteiger partial charge in [0.2, 0.25) is 0 Å². The molecule has 0 saturated heterocycles. The molecule has 0 atom stereocenters. The molecule has 4 aromatic rings. The van der Waals surface area contributed by atoms with Crippen LogP contribution in [0.1, 0.15) is 39.0 Å². The van der Waals surface area contributed by atoms with Gasteiger partial charge in [-0.3, -0.25) is 9.59 Å². The number of carbonyl (C=O) groups excluding carboxylic acids is 2. The van der Waals surface area contributed by atoms with Crippen LogP contribution in [0.3, 0.4) is 0 Å². The molecule has 0 spiro atoms. The van der Waals surface area contributed by atoms with Gasteiger partial charge in [0.15, 0.2) is 5.76 Å². The topological polar surface area (TPSA) is 71.3 Å². The van der Waals surface area contributed by atoms with E-state index in [1.807, 2.05) is 36.4 Å². The van der Waals surface area contributed by atoms with Crippen LogP contribution < -0.4 is 10.6 Å². The van der Waals surface area contributed by atoms with Crippen molar-refractivity contribution in [3.8, 4) is 0 Å². The van der Waals surface area contributed by atoms with Crippen LogP contribution in [-0.2, 0) is 5.41 Å². The van der Waals surface area contributed by atoms with Crippen molar-refractivity contribution in [2.75, 3.05) is 11.9 Å². The largest absolute Gasteiger partial charge is 0.459 e. The van der Waals surface area contributed by atoms with Crippen LogP contribution in [-0.4, -0.2) is 18.4 Å². The van der Waals surface area contributed by atoms with E-state index in [4.69, 9.17) is 4.42 Å². The van der Waals surface area contributed by atoms with E-state index in [1.54, 1.807) is 36.4 Å². The lowest BCUT2D eigenvalue weighted by molar-refractivity contribution is 0.0946. The zero-order valence-electron chi connectivity index (χ0n) is 17.7. The Balaban J connectivity index is 1.46. The van der Waals surface area contributed by atoms with Crippen molar-refractivity contribution in [1.82, 2.24) is 5.32 Å². The van der Waals surface area contributed by atoms with E-state index in [2.05, 4.69) is 41.8 Å². The fraction of sp³-hybridized carbons (Fsp3) is 0.111. The number of amides is 2. The van der Waals surface area contributed by atoms with E-state index in [9.17, 15) is 9.59 Å². The minimum atomic E-state index is -0.380. The maximum atomic E-state index is 12.9. The molecule has 0 aliphatic heterocycles. The van der Waals surface area contributed by atoms with Gasteiger partial charge in [-0.25, -0.2) is 0 Å². The second-order valence-electron chi connectivity index (χ2n) is 7.76. The molecule has 5 nitrogen and oxygen atoms in total. The molecule has 1 aromatic heterocycles. The lowest BCUT2D eigenvalue weighted by Crippen LogP contribution is -2.39. The van der Waals surface area contributed by atoms with Crippen LogP contribution in [0.5, 0.6) is 0 Å². The number of anilines is 1. The van der Waals surface area contributed by atoms with Crippen LogP contribution in [0.2, 0.25) is 0 Å². The molecule has 0 saturated carbocycles. The molecule has 0 unspecified atom stereocenters. The minimum absolute atomic E-state index is 0.174. The molecule has 5 heteroatoms. The lowest BCUT2D eigenvalue weighted by Gasteiger charge is -2.31. The number of carbonyl (C=O) groups is 2. The summed E-state index contributed by atoms with van der Waals surface area (Å²) in [5.74, 6) is -0.284. The first-order valence-electron chi connectivity index (χ1n) is 10.4. The standard InChI is InChI=1S/C27H24N2O3/c1-27(21-9-4-2-5-10-21,22-11-6-3-7-12-22)19-28-25(30)20-14-16-23(17-15-20)29-26(31)24-13-8-18-32-24/h2-18H,19H2,1H3,(H,28,30)(H,29,31). The average molecular weight is 425 g/mol. The Bertz CT molecular complexity index is 1130. The third-order valence-electron chi connectivity index (χ3n) is 5.57. The van der Waals surface area contributed by atoms with Crippen molar-refractivity contribution in [3.63, 3.8) is 0 Å². The maximum Gasteiger partial charge on any atom is 0.291 e. The van der Waals surface area contributed by atoms with Crippen LogP contribution in [0, 0.1) is 0 Å². The third kappa shape index (κ3) is 4.62. The van der Waals surface area contributed by atoms with Crippen molar-refractivity contribution in [1.29, 1.82) is 0 Å². The fourth-order valence-electron chi connectivity index (χ4n) is 3.65. The van der Waals surface area contributed by atoms with E-state index in [-0.39, 0.29) is 23.0 Å². The minimum Gasteiger partial charge on any atom is -0.459 e. The van der Waals surface area contributed by atoms with Crippen molar-refractivity contribution in [3.05, 3.63) is 126 Å². The Hall–Kier alpha value is -4.12. The van der Waals surface area contributed by atoms with E-state index in [1.165, 1.54) is 6.26 Å². The van der Waals surface area contributed by atoms with E-state index in [0.29, 0.717) is 17.8 Å². The smallest absolute Gasteiger partial charge is 0.291 e. The molecule has 4 rings (SSSR count). The summed E-state index contributed by atoms with van der Waals surface area (Å²) in [4.78, 5) is 25.0. The summed E-state index contributed by atoms with van der Waals surface area (Å²) in [6.07, 6.45) is 1.45. The Morgan fingerprint density at radius 1 is 0.750 bits per heavy atom. The summed E-state index contributed by atoms with van der Waals surface area (Å²) in [5, 5.41) is 5.82. The molecule has 2 N–H and O–H groups in total. The SMILES string of the molecule is CC(CNC(=O)c1ccc(NC(=O)c2ccco2)cc1)(c1ccccc1)c1ccccc1. The highest BCUT2D eigenvalue weighted by Crippen LogP contribution is 2.31. The molecule has 0 bridgehead atoms. The number of nitrogens with one attached hydrogen (secondary N) is 2. The predicted octanol–water partition coefficient (Wildman–Crippen LogP) is 5.27. The van der Waals surface area contributed by atoms with Crippen molar-refractivity contribution in [2.24, 2.45) is 0 Å². The number of benzene rings is 3. The Morgan fingerprint density at radius 2 is 1.34 bits per heavy atom.